The van der Waals surface area contributed by atoms with E-state index < -0.39 is 0 Å². The molecule has 1 heterocycles. The minimum absolute atomic E-state index is 0.271. The van der Waals surface area contributed by atoms with Crippen LogP contribution in [-0.2, 0) is 0 Å². The van der Waals surface area contributed by atoms with Crippen LogP contribution in [0.1, 0.15) is 22.8 Å². The van der Waals surface area contributed by atoms with E-state index in [1.165, 1.54) is 6.20 Å². The summed E-state index contributed by atoms with van der Waals surface area (Å²) in [5.74, 6) is 0.350. The van der Waals surface area contributed by atoms with E-state index in [2.05, 4.69) is 31.5 Å². The van der Waals surface area contributed by atoms with Gasteiger partial charge in [0.15, 0.2) is 0 Å². The molecule has 110 valence electrons. The molecule has 0 radical (unpaired) electrons. The molecular formula is C15H15BrClN3O. The van der Waals surface area contributed by atoms with Gasteiger partial charge in [0.1, 0.15) is 5.82 Å². The molecule has 0 spiro atoms. The molecule has 0 bridgehead atoms. The number of nitrogens with one attached hydrogen (secondary N) is 2. The average molecular weight is 369 g/mol. The van der Waals surface area contributed by atoms with Gasteiger partial charge >= 0.3 is 0 Å². The molecule has 2 rings (SSSR count). The molecule has 1 aromatic heterocycles. The van der Waals surface area contributed by atoms with E-state index in [0.29, 0.717) is 22.1 Å². The van der Waals surface area contributed by atoms with Crippen molar-refractivity contribution in [1.82, 2.24) is 4.98 Å². The lowest BCUT2D eigenvalue weighted by atomic mass is 10.2. The number of rotatable bonds is 4. The van der Waals surface area contributed by atoms with Crippen LogP contribution in [0.4, 0.5) is 11.5 Å². The first-order valence-corrected chi connectivity index (χ1v) is 7.66. The summed E-state index contributed by atoms with van der Waals surface area (Å²) in [6.45, 7) is 4.64. The molecule has 4 nitrogen and oxygen atoms in total. The maximum Gasteiger partial charge on any atom is 0.257 e. The van der Waals surface area contributed by atoms with Crippen molar-refractivity contribution < 1.29 is 4.79 Å². The van der Waals surface area contributed by atoms with Crippen molar-refractivity contribution in [2.24, 2.45) is 0 Å². The third-order valence-electron chi connectivity index (χ3n) is 2.90. The predicted molar refractivity (Wildman–Crippen MR) is 90.2 cm³/mol. The first-order chi connectivity index (χ1) is 10.0. The topological polar surface area (TPSA) is 54.0 Å². The molecule has 0 unspecified atom stereocenters. The van der Waals surface area contributed by atoms with E-state index in [-0.39, 0.29) is 5.91 Å². The van der Waals surface area contributed by atoms with Crippen LogP contribution in [0, 0.1) is 6.92 Å². The summed E-state index contributed by atoms with van der Waals surface area (Å²) in [6.07, 6.45) is 1.47. The van der Waals surface area contributed by atoms with Gasteiger partial charge in [-0.15, -0.1) is 0 Å². The predicted octanol–water partition coefficient (Wildman–Crippen LogP) is 4.49. The summed E-state index contributed by atoms with van der Waals surface area (Å²) in [6, 6.07) is 7.32. The first kappa shape index (κ1) is 15.8. The lowest BCUT2D eigenvalue weighted by molar-refractivity contribution is 0.102. The van der Waals surface area contributed by atoms with Gasteiger partial charge in [0.05, 0.1) is 16.3 Å². The van der Waals surface area contributed by atoms with E-state index in [4.69, 9.17) is 11.6 Å². The quantitative estimate of drug-likeness (QED) is 0.836. The normalized spacial score (nSPS) is 10.3. The van der Waals surface area contributed by atoms with Crippen molar-refractivity contribution in [2.45, 2.75) is 13.8 Å². The smallest absolute Gasteiger partial charge is 0.257 e. The molecule has 1 aromatic carbocycles. The van der Waals surface area contributed by atoms with Gasteiger partial charge in [-0.05, 0) is 47.5 Å². The maximum atomic E-state index is 12.4. The SMILES string of the molecule is CCNc1cc(C(=O)Nc2cccc(C)c2Br)c(Cl)cn1. The fourth-order valence-corrected chi connectivity index (χ4v) is 2.38. The molecule has 6 heteroatoms. The Morgan fingerprint density at radius 2 is 2.19 bits per heavy atom. The maximum absolute atomic E-state index is 12.4. The Balaban J connectivity index is 2.28. The molecule has 0 saturated heterocycles. The van der Waals surface area contributed by atoms with Gasteiger partial charge in [-0.1, -0.05) is 23.7 Å². The average Bonchev–Trinajstić information content (AvgIpc) is 2.46. The van der Waals surface area contributed by atoms with Crippen LogP contribution in [0.25, 0.3) is 0 Å². The minimum atomic E-state index is -0.271. The third-order valence-corrected chi connectivity index (χ3v) is 4.25. The molecule has 21 heavy (non-hydrogen) atoms. The molecule has 0 saturated carbocycles. The first-order valence-electron chi connectivity index (χ1n) is 6.48. The summed E-state index contributed by atoms with van der Waals surface area (Å²) < 4.78 is 0.857. The van der Waals surface area contributed by atoms with E-state index in [9.17, 15) is 4.79 Å². The molecule has 0 atom stereocenters. The van der Waals surface area contributed by atoms with Gasteiger partial charge in [0, 0.05) is 17.2 Å². The number of hydrogen-bond donors (Lipinski definition) is 2. The summed E-state index contributed by atoms with van der Waals surface area (Å²) in [5, 5.41) is 6.22. The van der Waals surface area contributed by atoms with Gasteiger partial charge in [-0.2, -0.15) is 0 Å². The molecule has 1 amide bonds. The van der Waals surface area contributed by atoms with Crippen molar-refractivity contribution in [1.29, 1.82) is 0 Å². The highest BCUT2D eigenvalue weighted by Crippen LogP contribution is 2.27. The molecule has 0 aliphatic heterocycles. The Morgan fingerprint density at radius 3 is 2.90 bits per heavy atom. The van der Waals surface area contributed by atoms with Gasteiger partial charge < -0.3 is 10.6 Å². The van der Waals surface area contributed by atoms with Crippen LogP contribution in [0.15, 0.2) is 34.9 Å². The van der Waals surface area contributed by atoms with Crippen molar-refractivity contribution in [2.75, 3.05) is 17.2 Å². The number of halogens is 2. The van der Waals surface area contributed by atoms with Crippen LogP contribution < -0.4 is 10.6 Å². The number of pyridine rings is 1. The summed E-state index contributed by atoms with van der Waals surface area (Å²) in [5.41, 5.74) is 2.14. The van der Waals surface area contributed by atoms with E-state index >= 15 is 0 Å². The summed E-state index contributed by atoms with van der Waals surface area (Å²) in [4.78, 5) is 16.5. The molecule has 0 fully saturated rings. The Bertz CT molecular complexity index is 676. The third kappa shape index (κ3) is 3.74. The molecule has 0 aliphatic rings. The lowest BCUT2D eigenvalue weighted by Crippen LogP contribution is -2.14. The second-order valence-corrected chi connectivity index (χ2v) is 5.67. The van der Waals surface area contributed by atoms with Crippen molar-refractivity contribution in [3.8, 4) is 0 Å². The molecule has 2 N–H and O–H groups in total. The summed E-state index contributed by atoms with van der Waals surface area (Å²) in [7, 11) is 0. The number of aryl methyl sites for hydroxylation is 1. The number of amides is 1. The van der Waals surface area contributed by atoms with E-state index in [1.807, 2.05) is 32.0 Å². The van der Waals surface area contributed by atoms with E-state index in [0.717, 1.165) is 16.6 Å². The highest BCUT2D eigenvalue weighted by molar-refractivity contribution is 9.10. The second-order valence-electron chi connectivity index (χ2n) is 4.47. The zero-order valence-electron chi connectivity index (χ0n) is 11.7. The standard InChI is InChI=1S/C15H15BrClN3O/c1-3-18-13-7-10(11(17)8-19-13)15(21)20-12-6-4-5-9(2)14(12)16/h4-8H,3H2,1-2H3,(H,18,19)(H,20,21). The van der Waals surface area contributed by atoms with Gasteiger partial charge in [0.25, 0.3) is 5.91 Å². The number of nitrogens with zero attached hydrogens (tertiary/aromatic N) is 1. The fraction of sp³-hybridized carbons (Fsp3) is 0.200. The number of aromatic nitrogens is 1. The zero-order valence-corrected chi connectivity index (χ0v) is 14.0. The van der Waals surface area contributed by atoms with Gasteiger partial charge in [-0.3, -0.25) is 4.79 Å². The Kier molecular flexibility index (Phi) is 5.20. The number of carbonyl (C=O) groups excluding carboxylic acids is 1. The second kappa shape index (κ2) is 6.91. The van der Waals surface area contributed by atoms with Crippen LogP contribution in [-0.4, -0.2) is 17.4 Å². The Labute approximate surface area is 137 Å². The van der Waals surface area contributed by atoms with Gasteiger partial charge in [0.2, 0.25) is 0 Å². The van der Waals surface area contributed by atoms with Crippen LogP contribution in [0.5, 0.6) is 0 Å². The van der Waals surface area contributed by atoms with E-state index in [1.54, 1.807) is 6.07 Å². The van der Waals surface area contributed by atoms with Crippen LogP contribution >= 0.6 is 27.5 Å². The van der Waals surface area contributed by atoms with Gasteiger partial charge in [-0.25, -0.2) is 4.98 Å². The largest absolute Gasteiger partial charge is 0.370 e. The summed E-state index contributed by atoms with van der Waals surface area (Å²) >= 11 is 9.53. The highest BCUT2D eigenvalue weighted by Gasteiger charge is 2.14. The zero-order chi connectivity index (χ0) is 15.4. The Morgan fingerprint density at radius 1 is 1.43 bits per heavy atom. The van der Waals surface area contributed by atoms with Crippen molar-refractivity contribution in [3.05, 3.63) is 51.1 Å². The fourth-order valence-electron chi connectivity index (χ4n) is 1.82. The monoisotopic (exact) mass is 367 g/mol. The number of anilines is 2. The highest BCUT2D eigenvalue weighted by atomic mass is 79.9. The lowest BCUT2D eigenvalue weighted by Gasteiger charge is -2.11. The minimum Gasteiger partial charge on any atom is -0.370 e. The van der Waals surface area contributed by atoms with Crippen molar-refractivity contribution >= 4 is 44.9 Å². The Hall–Kier alpha value is -1.59. The molecular weight excluding hydrogens is 354 g/mol. The molecule has 2 aromatic rings. The molecule has 0 aliphatic carbocycles. The number of benzene rings is 1. The van der Waals surface area contributed by atoms with Crippen LogP contribution in [0.3, 0.4) is 0 Å². The van der Waals surface area contributed by atoms with Crippen molar-refractivity contribution in [3.63, 3.8) is 0 Å². The van der Waals surface area contributed by atoms with Crippen LogP contribution in [0.2, 0.25) is 5.02 Å². The number of hydrogen-bond acceptors (Lipinski definition) is 3. The number of carbonyl (C=O) groups is 1.